The molecule has 1 aromatic heterocycles. The van der Waals surface area contributed by atoms with Gasteiger partial charge in [-0.1, -0.05) is 13.0 Å². The van der Waals surface area contributed by atoms with E-state index in [1.165, 1.54) is 29.5 Å². The maximum Gasteiger partial charge on any atom is 0.155 e. The van der Waals surface area contributed by atoms with Crippen molar-refractivity contribution in [3.8, 4) is 0 Å². The van der Waals surface area contributed by atoms with Crippen molar-refractivity contribution in [3.05, 3.63) is 48.1 Å². The van der Waals surface area contributed by atoms with Gasteiger partial charge in [-0.05, 0) is 18.1 Å². The average molecular weight is 253 g/mol. The van der Waals surface area contributed by atoms with Gasteiger partial charge in [-0.15, -0.1) is 0 Å². The number of aliphatic hydroxyl groups excluding tert-OH is 1. The first-order chi connectivity index (χ1) is 8.63. The van der Waals surface area contributed by atoms with Gasteiger partial charge in [0, 0.05) is 12.0 Å². The Kier molecular flexibility index (Phi) is 3.66. The Morgan fingerprint density at radius 2 is 2.17 bits per heavy atom. The molecule has 18 heavy (non-hydrogen) atoms. The van der Waals surface area contributed by atoms with Gasteiger partial charge in [0.1, 0.15) is 24.3 Å². The Bertz CT molecular complexity index is 516. The van der Waals surface area contributed by atoms with E-state index in [9.17, 15) is 13.9 Å². The summed E-state index contributed by atoms with van der Waals surface area (Å²) in [4.78, 5) is 3.73. The van der Waals surface area contributed by atoms with Crippen molar-refractivity contribution in [2.24, 2.45) is 0 Å². The van der Waals surface area contributed by atoms with E-state index in [0.29, 0.717) is 6.42 Å². The number of hydrogen-bond acceptors (Lipinski definition) is 3. The monoisotopic (exact) mass is 253 g/mol. The minimum Gasteiger partial charge on any atom is -0.371 e. The quantitative estimate of drug-likeness (QED) is 0.909. The summed E-state index contributed by atoms with van der Waals surface area (Å²) in [6.07, 6.45) is 2.10. The van der Waals surface area contributed by atoms with Crippen LogP contribution in [0, 0.1) is 11.6 Å². The van der Waals surface area contributed by atoms with Gasteiger partial charge in [-0.3, -0.25) is 0 Å². The highest BCUT2D eigenvalue weighted by Crippen LogP contribution is 2.31. The van der Waals surface area contributed by atoms with Crippen molar-refractivity contribution in [2.75, 3.05) is 0 Å². The van der Waals surface area contributed by atoms with Crippen molar-refractivity contribution in [3.63, 3.8) is 0 Å². The van der Waals surface area contributed by atoms with Crippen molar-refractivity contribution in [1.29, 1.82) is 0 Å². The van der Waals surface area contributed by atoms with Gasteiger partial charge in [0.25, 0.3) is 0 Å². The van der Waals surface area contributed by atoms with E-state index in [1.807, 2.05) is 6.92 Å². The summed E-state index contributed by atoms with van der Waals surface area (Å²) in [7, 11) is 0. The normalized spacial score (nSPS) is 14.4. The Balaban J connectivity index is 2.33. The fourth-order valence-electron chi connectivity index (χ4n) is 1.93. The summed E-state index contributed by atoms with van der Waals surface area (Å²) in [6.45, 7) is 1.81. The maximum atomic E-state index is 13.7. The average Bonchev–Trinajstić information content (AvgIpc) is 2.86. The van der Waals surface area contributed by atoms with E-state index in [4.69, 9.17) is 0 Å². The van der Waals surface area contributed by atoms with Crippen LogP contribution in [-0.2, 0) is 0 Å². The van der Waals surface area contributed by atoms with Crippen LogP contribution in [0.3, 0.4) is 0 Å². The summed E-state index contributed by atoms with van der Waals surface area (Å²) < 4.78 is 27.8. The molecule has 0 fully saturated rings. The van der Waals surface area contributed by atoms with Gasteiger partial charge in [0.15, 0.2) is 6.23 Å². The molecule has 0 bridgehead atoms. The number of hydrogen-bond donors (Lipinski definition) is 1. The molecule has 0 saturated carbocycles. The summed E-state index contributed by atoms with van der Waals surface area (Å²) in [5.41, 5.74) is 0.266. The van der Waals surface area contributed by atoms with Crippen LogP contribution in [0.15, 0.2) is 30.9 Å². The number of aromatic nitrogens is 3. The third-order valence-electron chi connectivity index (χ3n) is 2.87. The molecular weight excluding hydrogens is 240 g/mol. The van der Waals surface area contributed by atoms with E-state index >= 15 is 0 Å². The summed E-state index contributed by atoms with van der Waals surface area (Å²) in [5.74, 6) is -1.81. The van der Waals surface area contributed by atoms with Crippen molar-refractivity contribution in [1.82, 2.24) is 14.8 Å². The first-order valence-electron chi connectivity index (χ1n) is 5.60. The standard InChI is InChI=1S/C12H13F2N3O/c1-2-9(12(18)17-7-15-6-16-17)10-4-3-8(13)5-11(10)14/h3-7,9,12,18H,2H2,1H3. The van der Waals surface area contributed by atoms with Crippen LogP contribution in [0.25, 0.3) is 0 Å². The fourth-order valence-corrected chi connectivity index (χ4v) is 1.93. The topological polar surface area (TPSA) is 50.9 Å². The summed E-state index contributed by atoms with van der Waals surface area (Å²) in [6, 6.07) is 3.33. The molecule has 6 heteroatoms. The first-order valence-corrected chi connectivity index (χ1v) is 5.60. The van der Waals surface area contributed by atoms with E-state index < -0.39 is 23.8 Å². The molecule has 2 aromatic rings. The van der Waals surface area contributed by atoms with Crippen LogP contribution in [0.2, 0.25) is 0 Å². The van der Waals surface area contributed by atoms with Gasteiger partial charge >= 0.3 is 0 Å². The molecule has 0 spiro atoms. The smallest absolute Gasteiger partial charge is 0.155 e. The fraction of sp³-hybridized carbons (Fsp3) is 0.333. The lowest BCUT2D eigenvalue weighted by Crippen LogP contribution is -2.18. The van der Waals surface area contributed by atoms with Crippen molar-refractivity contribution in [2.45, 2.75) is 25.5 Å². The van der Waals surface area contributed by atoms with Gasteiger partial charge in [-0.2, -0.15) is 5.10 Å². The SMILES string of the molecule is CCC(c1ccc(F)cc1F)C(O)n1cncn1. The van der Waals surface area contributed by atoms with Crippen molar-refractivity contribution >= 4 is 0 Å². The third kappa shape index (κ3) is 2.38. The van der Waals surface area contributed by atoms with E-state index in [1.54, 1.807) is 0 Å². The minimum absolute atomic E-state index is 0.266. The van der Waals surface area contributed by atoms with E-state index in [0.717, 1.165) is 6.07 Å². The molecule has 0 radical (unpaired) electrons. The predicted octanol–water partition coefficient (Wildman–Crippen LogP) is 2.24. The predicted molar refractivity (Wildman–Crippen MR) is 60.7 cm³/mol. The molecule has 0 saturated heterocycles. The molecule has 0 aliphatic carbocycles. The second-order valence-electron chi connectivity index (χ2n) is 3.97. The maximum absolute atomic E-state index is 13.7. The zero-order chi connectivity index (χ0) is 13.1. The van der Waals surface area contributed by atoms with Gasteiger partial charge in [0.05, 0.1) is 0 Å². The highest BCUT2D eigenvalue weighted by molar-refractivity contribution is 5.23. The van der Waals surface area contributed by atoms with Crippen LogP contribution < -0.4 is 0 Å². The molecule has 2 atom stereocenters. The Morgan fingerprint density at radius 3 is 2.72 bits per heavy atom. The molecule has 1 aromatic carbocycles. The largest absolute Gasteiger partial charge is 0.371 e. The molecular formula is C12H13F2N3O. The third-order valence-corrected chi connectivity index (χ3v) is 2.87. The molecule has 2 rings (SSSR count). The second-order valence-corrected chi connectivity index (χ2v) is 3.97. The molecule has 0 aliphatic heterocycles. The highest BCUT2D eigenvalue weighted by atomic mass is 19.1. The number of rotatable bonds is 4. The number of nitrogens with zero attached hydrogens (tertiary/aromatic N) is 3. The minimum atomic E-state index is -1.03. The molecule has 96 valence electrons. The first kappa shape index (κ1) is 12.6. The molecule has 1 heterocycles. The molecule has 0 amide bonds. The number of aliphatic hydroxyl groups is 1. The van der Waals surface area contributed by atoms with Crippen LogP contribution in [0.4, 0.5) is 8.78 Å². The Labute approximate surface area is 103 Å². The van der Waals surface area contributed by atoms with E-state index in [-0.39, 0.29) is 5.56 Å². The Morgan fingerprint density at radius 1 is 1.39 bits per heavy atom. The molecule has 2 unspecified atom stereocenters. The lowest BCUT2D eigenvalue weighted by molar-refractivity contribution is 0.0580. The van der Waals surface area contributed by atoms with Crippen LogP contribution in [-0.4, -0.2) is 19.9 Å². The van der Waals surface area contributed by atoms with E-state index in [2.05, 4.69) is 10.1 Å². The van der Waals surface area contributed by atoms with Crippen LogP contribution in [0.5, 0.6) is 0 Å². The van der Waals surface area contributed by atoms with Crippen LogP contribution >= 0.6 is 0 Å². The van der Waals surface area contributed by atoms with Crippen molar-refractivity contribution < 1.29 is 13.9 Å². The molecule has 4 nitrogen and oxygen atoms in total. The number of benzene rings is 1. The second kappa shape index (κ2) is 5.22. The Hall–Kier alpha value is -1.82. The van der Waals surface area contributed by atoms with Gasteiger partial charge < -0.3 is 5.11 Å². The van der Waals surface area contributed by atoms with Gasteiger partial charge in [-0.25, -0.2) is 18.4 Å². The van der Waals surface area contributed by atoms with Crippen LogP contribution in [0.1, 0.15) is 31.1 Å². The lowest BCUT2D eigenvalue weighted by atomic mass is 9.94. The lowest BCUT2D eigenvalue weighted by Gasteiger charge is -2.22. The zero-order valence-electron chi connectivity index (χ0n) is 9.79. The summed E-state index contributed by atoms with van der Waals surface area (Å²) in [5, 5.41) is 13.9. The molecule has 0 aliphatic rings. The highest BCUT2D eigenvalue weighted by Gasteiger charge is 2.24. The summed E-state index contributed by atoms with van der Waals surface area (Å²) >= 11 is 0. The van der Waals surface area contributed by atoms with Gasteiger partial charge in [0.2, 0.25) is 0 Å². The molecule has 1 N–H and O–H groups in total. The zero-order valence-corrected chi connectivity index (χ0v) is 9.79. The number of halogens is 2.